The Morgan fingerprint density at radius 2 is 1.69 bits per heavy atom. The van der Waals surface area contributed by atoms with Gasteiger partial charge in [0.2, 0.25) is 0 Å². The third kappa shape index (κ3) is 7.99. The van der Waals surface area contributed by atoms with E-state index in [0.717, 1.165) is 26.2 Å². The van der Waals surface area contributed by atoms with Gasteiger partial charge in [0, 0.05) is 57.6 Å². The van der Waals surface area contributed by atoms with Crippen molar-refractivity contribution in [3.63, 3.8) is 0 Å². The van der Waals surface area contributed by atoms with E-state index in [1.54, 1.807) is 54.3 Å². The highest BCUT2D eigenvalue weighted by Gasteiger charge is 2.33. The summed E-state index contributed by atoms with van der Waals surface area (Å²) in [5.74, 6) is 0.707. The van der Waals surface area contributed by atoms with Crippen LogP contribution in [-0.4, -0.2) is 111 Å². The topological polar surface area (TPSA) is 134 Å². The molecule has 2 aliphatic heterocycles. The summed E-state index contributed by atoms with van der Waals surface area (Å²) in [6, 6.07) is 16.1. The Morgan fingerprint density at radius 1 is 0.961 bits per heavy atom. The van der Waals surface area contributed by atoms with Gasteiger partial charge < -0.3 is 34.8 Å². The highest BCUT2D eigenvalue weighted by atomic mass is 19.1. The number of benzene rings is 3. The molecule has 0 spiro atoms. The average molecular weight is 703 g/mol. The molecule has 3 aromatic carbocycles. The van der Waals surface area contributed by atoms with Crippen molar-refractivity contribution in [2.75, 3.05) is 95.0 Å². The first-order valence-electron chi connectivity index (χ1n) is 17.0. The molecule has 6 rings (SSSR count). The van der Waals surface area contributed by atoms with Crippen LogP contribution in [0.25, 0.3) is 10.9 Å². The number of nitrogens with zero attached hydrogens (tertiary/aromatic N) is 6. The Labute approximate surface area is 295 Å². The maximum absolute atomic E-state index is 14.3. The molecule has 2 aliphatic rings. The highest BCUT2D eigenvalue weighted by Crippen LogP contribution is 2.37. The number of aromatic nitrogens is 2. The monoisotopic (exact) mass is 702 g/mol. The third-order valence-electron chi connectivity index (χ3n) is 9.14. The fourth-order valence-electron chi connectivity index (χ4n) is 6.36. The number of para-hydroxylation sites is 1. The molecule has 0 bridgehead atoms. The Hall–Kier alpha value is -5.41. The maximum Gasteiger partial charge on any atom is 0.409 e. The van der Waals surface area contributed by atoms with Crippen LogP contribution < -0.4 is 35.6 Å². The van der Waals surface area contributed by atoms with Crippen LogP contribution in [0.15, 0.2) is 71.5 Å². The average Bonchev–Trinajstić information content (AvgIpc) is 3.16. The number of nitrogens with one attached hydrogen (secondary N) is 2. The number of ether oxygens (including phenoxy) is 3. The quantitative estimate of drug-likeness (QED) is 0.252. The minimum Gasteiger partial charge on any atom is -0.497 e. The molecule has 4 aromatic rings. The van der Waals surface area contributed by atoms with Gasteiger partial charge in [-0.2, -0.15) is 0 Å². The summed E-state index contributed by atoms with van der Waals surface area (Å²) in [4.78, 5) is 51.8. The van der Waals surface area contributed by atoms with Gasteiger partial charge in [-0.3, -0.25) is 14.6 Å². The SMILES string of the molecule is COc1ccc(N(C(=O)Nc2ccc(F)cc2)C(C)c2nc3ccccc3c(=O)n2N2CCN(C(=O)OCCN3CCNCC3)CC2)c(OC)c1. The van der Waals surface area contributed by atoms with Gasteiger partial charge in [0.1, 0.15) is 23.9 Å². The molecular formula is C36H43FN8O6. The lowest BCUT2D eigenvalue weighted by Gasteiger charge is -2.39. The van der Waals surface area contributed by atoms with Crippen molar-refractivity contribution in [3.05, 3.63) is 88.7 Å². The molecule has 0 radical (unpaired) electrons. The van der Waals surface area contributed by atoms with Gasteiger partial charge in [0.25, 0.3) is 5.56 Å². The van der Waals surface area contributed by atoms with Crippen molar-refractivity contribution in [3.8, 4) is 11.5 Å². The summed E-state index contributed by atoms with van der Waals surface area (Å²) >= 11 is 0. The minimum absolute atomic E-state index is 0.290. The molecule has 2 N–H and O–H groups in total. The Morgan fingerprint density at radius 3 is 2.39 bits per heavy atom. The van der Waals surface area contributed by atoms with Gasteiger partial charge in [0.15, 0.2) is 5.82 Å². The lowest BCUT2D eigenvalue weighted by atomic mass is 10.1. The number of anilines is 2. The van der Waals surface area contributed by atoms with Crippen LogP contribution in [0.5, 0.6) is 11.5 Å². The standard InChI is InChI=1S/C36H43FN8O6/c1-25(44(31-13-12-28(49-2)24-32(31)50-3)35(47)39-27-10-8-26(37)9-11-27)33-40-30-7-5-4-6-29(30)34(46)45(33)43-20-18-42(19-21-43)36(48)51-23-22-41-16-14-38-15-17-41/h4-13,24-25,38H,14-23H2,1-3H3,(H,39,47). The van der Waals surface area contributed by atoms with Crippen molar-refractivity contribution in [1.82, 2.24) is 24.8 Å². The molecule has 3 amide bonds. The molecule has 15 heteroatoms. The molecule has 2 fully saturated rings. The second-order valence-electron chi connectivity index (χ2n) is 12.3. The van der Waals surface area contributed by atoms with Gasteiger partial charge in [-0.1, -0.05) is 12.1 Å². The van der Waals surface area contributed by atoms with Gasteiger partial charge in [0.05, 0.1) is 49.9 Å². The van der Waals surface area contributed by atoms with Crippen LogP contribution >= 0.6 is 0 Å². The minimum atomic E-state index is -0.849. The second-order valence-corrected chi connectivity index (χ2v) is 12.3. The molecule has 1 atom stereocenters. The van der Waals surface area contributed by atoms with Crippen molar-refractivity contribution < 1.29 is 28.2 Å². The zero-order valence-corrected chi connectivity index (χ0v) is 29.0. The van der Waals surface area contributed by atoms with Crippen molar-refractivity contribution >= 4 is 34.4 Å². The number of rotatable bonds is 10. The van der Waals surface area contributed by atoms with Crippen molar-refractivity contribution in [2.24, 2.45) is 0 Å². The molecule has 51 heavy (non-hydrogen) atoms. The number of hydrogen-bond acceptors (Lipinski definition) is 10. The van der Waals surface area contributed by atoms with Crippen LogP contribution in [0.3, 0.4) is 0 Å². The van der Waals surface area contributed by atoms with E-state index >= 15 is 0 Å². The lowest BCUT2D eigenvalue weighted by molar-refractivity contribution is 0.0847. The molecule has 3 heterocycles. The van der Waals surface area contributed by atoms with E-state index in [1.807, 2.05) is 5.01 Å². The molecule has 1 aromatic heterocycles. The maximum atomic E-state index is 14.3. The van der Waals surface area contributed by atoms with E-state index < -0.39 is 24.0 Å². The van der Waals surface area contributed by atoms with Crippen LogP contribution in [-0.2, 0) is 4.74 Å². The summed E-state index contributed by atoms with van der Waals surface area (Å²) in [5, 5.41) is 8.42. The fourth-order valence-corrected chi connectivity index (χ4v) is 6.36. The Kier molecular flexibility index (Phi) is 11.2. The molecular weight excluding hydrogens is 659 g/mol. The Bertz CT molecular complexity index is 1890. The number of piperazine rings is 2. The van der Waals surface area contributed by atoms with E-state index in [-0.39, 0.29) is 11.4 Å². The van der Waals surface area contributed by atoms with Crippen LogP contribution in [0.2, 0.25) is 0 Å². The van der Waals surface area contributed by atoms with Gasteiger partial charge in [-0.05, 0) is 55.5 Å². The highest BCUT2D eigenvalue weighted by molar-refractivity contribution is 6.03. The van der Waals surface area contributed by atoms with Crippen LogP contribution in [0, 0.1) is 5.82 Å². The van der Waals surface area contributed by atoms with Crippen LogP contribution in [0.4, 0.5) is 25.4 Å². The van der Waals surface area contributed by atoms with E-state index in [9.17, 15) is 18.8 Å². The van der Waals surface area contributed by atoms with E-state index in [4.69, 9.17) is 19.2 Å². The first-order valence-corrected chi connectivity index (χ1v) is 17.0. The van der Waals surface area contributed by atoms with E-state index in [1.165, 1.54) is 48.1 Å². The number of hydrogen-bond donors (Lipinski definition) is 2. The summed E-state index contributed by atoms with van der Waals surface area (Å²) in [7, 11) is 3.01. The number of urea groups is 1. The number of carbonyl (C=O) groups is 2. The fraction of sp³-hybridized carbons (Fsp3) is 0.389. The predicted octanol–water partition coefficient (Wildman–Crippen LogP) is 3.65. The van der Waals surface area contributed by atoms with Crippen LogP contribution in [0.1, 0.15) is 18.8 Å². The van der Waals surface area contributed by atoms with Crippen molar-refractivity contribution in [1.29, 1.82) is 0 Å². The zero-order valence-electron chi connectivity index (χ0n) is 29.0. The number of amides is 3. The van der Waals surface area contributed by atoms with Gasteiger partial charge >= 0.3 is 12.1 Å². The second kappa shape index (κ2) is 16.1. The number of halogens is 1. The van der Waals surface area contributed by atoms with E-state index in [0.29, 0.717) is 73.1 Å². The van der Waals surface area contributed by atoms with Gasteiger partial charge in [-0.15, -0.1) is 0 Å². The summed E-state index contributed by atoms with van der Waals surface area (Å²) in [5.41, 5.74) is 0.904. The number of methoxy groups -OCH3 is 2. The summed E-state index contributed by atoms with van der Waals surface area (Å²) in [6.07, 6.45) is -0.391. The Balaban J connectivity index is 1.31. The predicted molar refractivity (Wildman–Crippen MR) is 192 cm³/mol. The molecule has 0 saturated carbocycles. The third-order valence-corrected chi connectivity index (χ3v) is 9.14. The number of fused-ring (bicyclic) bond motifs is 1. The molecule has 270 valence electrons. The lowest BCUT2D eigenvalue weighted by Crippen LogP contribution is -2.57. The molecule has 2 saturated heterocycles. The first kappa shape index (κ1) is 35.4. The summed E-state index contributed by atoms with van der Waals surface area (Å²) < 4.78 is 31.9. The number of carbonyl (C=O) groups excluding carboxylic acids is 2. The molecule has 14 nitrogen and oxygen atoms in total. The van der Waals surface area contributed by atoms with Crippen molar-refractivity contribution in [2.45, 2.75) is 13.0 Å². The van der Waals surface area contributed by atoms with Gasteiger partial charge in [-0.25, -0.2) is 23.6 Å². The molecule has 1 unspecified atom stereocenters. The molecule has 0 aliphatic carbocycles. The smallest absolute Gasteiger partial charge is 0.409 e. The first-order chi connectivity index (χ1) is 24.8. The zero-order chi connectivity index (χ0) is 35.9. The summed E-state index contributed by atoms with van der Waals surface area (Å²) in [6.45, 7) is 7.71. The van der Waals surface area contributed by atoms with E-state index in [2.05, 4.69) is 15.5 Å². The largest absolute Gasteiger partial charge is 0.497 e. The normalized spacial score (nSPS) is 15.7.